The number of hydrogen-bond donors (Lipinski definition) is 1. The average molecular weight is 297 g/mol. The summed E-state index contributed by atoms with van der Waals surface area (Å²) in [6.45, 7) is 0.807. The van der Waals surface area contributed by atoms with Gasteiger partial charge in [0.25, 0.3) is 0 Å². The molecule has 108 valence electrons. The van der Waals surface area contributed by atoms with Crippen molar-refractivity contribution in [3.8, 4) is 0 Å². The molecule has 7 heteroatoms. The molecule has 1 saturated heterocycles. The number of carboxylic acids is 1. The van der Waals surface area contributed by atoms with Crippen LogP contribution in [-0.2, 0) is 19.2 Å². The van der Waals surface area contributed by atoms with Gasteiger partial charge < -0.3 is 24.5 Å². The number of rotatable bonds is 4. The molecule has 0 aliphatic carbocycles. The van der Waals surface area contributed by atoms with Crippen molar-refractivity contribution >= 4 is 23.7 Å². The lowest BCUT2D eigenvalue weighted by Gasteiger charge is -2.28. The first-order valence-corrected chi connectivity index (χ1v) is 6.88. The molecule has 1 aromatic carbocycles. The number of carbonyl (C=O) groups excluding carboxylic acids is 2. The minimum atomic E-state index is -1.35. The summed E-state index contributed by atoms with van der Waals surface area (Å²) in [7, 11) is 0. The van der Waals surface area contributed by atoms with E-state index in [1.807, 2.05) is 0 Å². The highest BCUT2D eigenvalue weighted by molar-refractivity contribution is 8.00. The molecule has 0 bridgehead atoms. The summed E-state index contributed by atoms with van der Waals surface area (Å²) in [6, 6.07) is 6.13. The minimum absolute atomic E-state index is 0.0578. The van der Waals surface area contributed by atoms with Gasteiger partial charge in [-0.3, -0.25) is 4.79 Å². The van der Waals surface area contributed by atoms with Crippen LogP contribution >= 0.6 is 11.8 Å². The second-order valence-corrected chi connectivity index (χ2v) is 5.49. The first-order valence-electron chi connectivity index (χ1n) is 5.89. The van der Waals surface area contributed by atoms with Crippen molar-refractivity contribution in [2.75, 3.05) is 12.4 Å². The molecule has 0 spiro atoms. The van der Waals surface area contributed by atoms with Gasteiger partial charge in [-0.25, -0.2) is 0 Å². The Morgan fingerprint density at radius 3 is 2.85 bits per heavy atom. The van der Waals surface area contributed by atoms with Gasteiger partial charge >= 0.3 is 5.97 Å². The first-order chi connectivity index (χ1) is 9.48. The van der Waals surface area contributed by atoms with Crippen molar-refractivity contribution in [2.45, 2.75) is 18.1 Å². The quantitative estimate of drug-likeness (QED) is 0.772. The van der Waals surface area contributed by atoms with Crippen LogP contribution in [0, 0.1) is 0 Å². The van der Waals surface area contributed by atoms with E-state index in [0.29, 0.717) is 11.3 Å². The maximum atomic E-state index is 11.2. The summed E-state index contributed by atoms with van der Waals surface area (Å²) in [5.41, 5.74) is 0.236. The van der Waals surface area contributed by atoms with Gasteiger partial charge in [0.05, 0.1) is 18.3 Å². The molecule has 0 amide bonds. The fourth-order valence-electron chi connectivity index (χ4n) is 2.03. The van der Waals surface area contributed by atoms with Gasteiger partial charge in [-0.1, -0.05) is 24.3 Å². The molecule has 1 aliphatic heterocycles. The highest BCUT2D eigenvalue weighted by Gasteiger charge is 2.45. The van der Waals surface area contributed by atoms with E-state index < -0.39 is 29.8 Å². The number of aromatic carboxylic acids is 1. The monoisotopic (exact) mass is 297 g/mol. The number of aliphatic hydroxyl groups is 1. The SMILES string of the molecule is CC(=O)OC1CS[C@](CO)(c2ccccc2C(=O)[O-])O1. The van der Waals surface area contributed by atoms with E-state index in [1.165, 1.54) is 24.8 Å². The Bertz CT molecular complexity index is 531. The molecule has 2 rings (SSSR count). The van der Waals surface area contributed by atoms with E-state index in [9.17, 15) is 19.8 Å². The van der Waals surface area contributed by atoms with Gasteiger partial charge in [-0.05, 0) is 0 Å². The Morgan fingerprint density at radius 2 is 2.25 bits per heavy atom. The number of hydrogen-bond acceptors (Lipinski definition) is 7. The van der Waals surface area contributed by atoms with E-state index >= 15 is 0 Å². The molecule has 0 aromatic heterocycles. The molecule has 20 heavy (non-hydrogen) atoms. The number of carbonyl (C=O) groups is 2. The van der Waals surface area contributed by atoms with Crippen LogP contribution in [0.4, 0.5) is 0 Å². The average Bonchev–Trinajstić information content (AvgIpc) is 2.82. The number of thioether (sulfide) groups is 1. The zero-order chi connectivity index (χ0) is 14.8. The normalized spacial score (nSPS) is 25.4. The number of esters is 1. The summed E-state index contributed by atoms with van der Waals surface area (Å²) < 4.78 is 10.5. The van der Waals surface area contributed by atoms with Crippen LogP contribution in [0.2, 0.25) is 0 Å². The maximum Gasteiger partial charge on any atom is 0.304 e. The van der Waals surface area contributed by atoms with Crippen LogP contribution < -0.4 is 5.11 Å². The van der Waals surface area contributed by atoms with E-state index in [2.05, 4.69) is 0 Å². The number of ether oxygens (including phenoxy) is 2. The third-order valence-corrected chi connectivity index (χ3v) is 4.19. The Hall–Kier alpha value is -1.57. The van der Waals surface area contributed by atoms with Crippen molar-refractivity contribution in [3.05, 3.63) is 35.4 Å². The Balaban J connectivity index is 2.34. The fraction of sp³-hybridized carbons (Fsp3) is 0.385. The molecule has 1 fully saturated rings. The third-order valence-electron chi connectivity index (χ3n) is 2.84. The van der Waals surface area contributed by atoms with Crippen LogP contribution in [-0.4, -0.2) is 35.7 Å². The topological polar surface area (TPSA) is 95.9 Å². The summed E-state index contributed by atoms with van der Waals surface area (Å²) >= 11 is 1.18. The second kappa shape index (κ2) is 5.82. The summed E-state index contributed by atoms with van der Waals surface area (Å²) in [6.07, 6.45) is -0.820. The molecule has 0 saturated carbocycles. The largest absolute Gasteiger partial charge is 0.545 e. The molecule has 1 aromatic rings. The van der Waals surface area contributed by atoms with Crippen molar-refractivity contribution in [2.24, 2.45) is 0 Å². The van der Waals surface area contributed by atoms with Crippen LogP contribution in [0.25, 0.3) is 0 Å². The summed E-state index contributed by atoms with van der Waals surface area (Å²) in [5, 5.41) is 20.8. The van der Waals surface area contributed by atoms with Crippen molar-refractivity contribution in [1.82, 2.24) is 0 Å². The van der Waals surface area contributed by atoms with E-state index in [0.717, 1.165) is 0 Å². The predicted octanol–water partition coefficient (Wildman–Crippen LogP) is -0.152. The lowest BCUT2D eigenvalue weighted by molar-refractivity contribution is -0.255. The lowest BCUT2D eigenvalue weighted by Crippen LogP contribution is -2.34. The number of benzene rings is 1. The second-order valence-electron chi connectivity index (χ2n) is 4.21. The Labute approximate surface area is 119 Å². The van der Waals surface area contributed by atoms with Gasteiger partial charge in [0.2, 0.25) is 6.29 Å². The molecule has 2 atom stereocenters. The highest BCUT2D eigenvalue weighted by atomic mass is 32.2. The molecular formula is C13H13O6S-. The Kier molecular flexibility index (Phi) is 4.32. The zero-order valence-corrected chi connectivity index (χ0v) is 11.5. The molecule has 1 aliphatic rings. The summed E-state index contributed by atoms with van der Waals surface area (Å²) in [5.74, 6) is -1.55. The van der Waals surface area contributed by atoms with E-state index in [4.69, 9.17) is 9.47 Å². The van der Waals surface area contributed by atoms with Crippen LogP contribution in [0.1, 0.15) is 22.8 Å². The molecule has 1 unspecified atom stereocenters. The van der Waals surface area contributed by atoms with Gasteiger partial charge in [-0.2, -0.15) is 0 Å². The van der Waals surface area contributed by atoms with E-state index in [-0.39, 0.29) is 5.56 Å². The lowest BCUT2D eigenvalue weighted by atomic mass is 10.0. The molecule has 0 radical (unpaired) electrons. The summed E-state index contributed by atoms with van der Waals surface area (Å²) in [4.78, 5) is 20.8. The first kappa shape index (κ1) is 14.8. The van der Waals surface area contributed by atoms with E-state index in [1.54, 1.807) is 18.2 Å². The minimum Gasteiger partial charge on any atom is -0.545 e. The molecular weight excluding hydrogens is 284 g/mol. The van der Waals surface area contributed by atoms with Crippen LogP contribution in [0.15, 0.2) is 24.3 Å². The van der Waals surface area contributed by atoms with Crippen molar-refractivity contribution in [3.63, 3.8) is 0 Å². The number of aliphatic hydroxyl groups excluding tert-OH is 1. The molecule has 1 heterocycles. The van der Waals surface area contributed by atoms with Crippen LogP contribution in [0.3, 0.4) is 0 Å². The molecule has 6 nitrogen and oxygen atoms in total. The van der Waals surface area contributed by atoms with Crippen molar-refractivity contribution < 1.29 is 29.3 Å². The maximum absolute atomic E-state index is 11.2. The standard InChI is InChI=1S/C13H14O6S/c1-8(15)18-11-6-20-13(7-14,19-11)10-5-3-2-4-9(10)12(16)17/h2-5,11,14H,6-7H2,1H3,(H,16,17)/p-1/t11?,13-/m1/s1. The highest BCUT2D eigenvalue weighted by Crippen LogP contribution is 2.46. The third kappa shape index (κ3) is 2.79. The van der Waals surface area contributed by atoms with Gasteiger partial charge in [0.1, 0.15) is 0 Å². The predicted molar refractivity (Wildman–Crippen MR) is 68.6 cm³/mol. The molecule has 1 N–H and O–H groups in total. The van der Waals surface area contributed by atoms with Gasteiger partial charge in [-0.15, -0.1) is 11.8 Å². The fourth-order valence-corrected chi connectivity index (χ4v) is 3.17. The van der Waals surface area contributed by atoms with Gasteiger partial charge in [0.15, 0.2) is 4.93 Å². The zero-order valence-electron chi connectivity index (χ0n) is 10.7. The van der Waals surface area contributed by atoms with Gasteiger partial charge in [0, 0.05) is 18.1 Å². The van der Waals surface area contributed by atoms with Crippen LogP contribution in [0.5, 0.6) is 0 Å². The smallest absolute Gasteiger partial charge is 0.304 e. The Morgan fingerprint density at radius 1 is 1.55 bits per heavy atom. The van der Waals surface area contributed by atoms with Crippen molar-refractivity contribution in [1.29, 1.82) is 0 Å². The number of carboxylic acid groups (broad SMARTS) is 1.